The molecule has 23 heavy (non-hydrogen) atoms. The lowest BCUT2D eigenvalue weighted by atomic mass is 10.1. The highest BCUT2D eigenvalue weighted by Crippen LogP contribution is 2.25. The number of rotatable bonds is 3. The van der Waals surface area contributed by atoms with Crippen LogP contribution in [0.15, 0.2) is 12.1 Å². The smallest absolute Gasteiger partial charge is 0.412 e. The van der Waals surface area contributed by atoms with Gasteiger partial charge in [0.2, 0.25) is 0 Å². The fraction of sp³-hybridized carbons (Fsp3) is 0.588. The second-order valence-electron chi connectivity index (χ2n) is 6.90. The van der Waals surface area contributed by atoms with Crippen molar-refractivity contribution in [3.05, 3.63) is 26.8 Å². The predicted octanol–water partition coefficient (Wildman–Crippen LogP) is 3.35. The summed E-state index contributed by atoms with van der Waals surface area (Å²) >= 11 is 2.32. The number of anilines is 1. The number of carbonyl (C=O) groups is 1. The fourth-order valence-electron chi connectivity index (χ4n) is 2.50. The molecule has 0 aliphatic carbocycles. The van der Waals surface area contributed by atoms with Gasteiger partial charge >= 0.3 is 6.09 Å². The molecule has 0 radical (unpaired) electrons. The number of nitrogens with one attached hydrogen (secondary N) is 2. The highest BCUT2D eigenvalue weighted by Gasteiger charge is 2.18. The van der Waals surface area contributed by atoms with Crippen molar-refractivity contribution >= 4 is 34.4 Å². The van der Waals surface area contributed by atoms with E-state index in [0.29, 0.717) is 0 Å². The molecule has 1 fully saturated rings. The van der Waals surface area contributed by atoms with Crippen LogP contribution >= 0.6 is 22.6 Å². The van der Waals surface area contributed by atoms with Crippen LogP contribution in [0.3, 0.4) is 0 Å². The van der Waals surface area contributed by atoms with E-state index in [0.717, 1.165) is 47.5 Å². The molecule has 0 saturated carbocycles. The Hall–Kier alpha value is -0.860. The Balaban J connectivity index is 2.10. The molecule has 2 N–H and O–H groups in total. The van der Waals surface area contributed by atoms with Gasteiger partial charge in [0.15, 0.2) is 0 Å². The lowest BCUT2D eigenvalue weighted by Gasteiger charge is -2.27. The molecule has 0 bridgehead atoms. The third kappa shape index (κ3) is 5.93. The van der Waals surface area contributed by atoms with E-state index < -0.39 is 11.7 Å². The minimum Gasteiger partial charge on any atom is -0.444 e. The number of hydrogen-bond acceptors (Lipinski definition) is 4. The zero-order valence-electron chi connectivity index (χ0n) is 14.3. The number of halogens is 1. The maximum absolute atomic E-state index is 12.0. The largest absolute Gasteiger partial charge is 0.444 e. The van der Waals surface area contributed by atoms with Gasteiger partial charge in [-0.05, 0) is 73.5 Å². The molecule has 1 heterocycles. The molecular weight excluding hydrogens is 405 g/mol. The Morgan fingerprint density at radius 3 is 2.61 bits per heavy atom. The van der Waals surface area contributed by atoms with Crippen LogP contribution in [-0.4, -0.2) is 42.8 Å². The topological polar surface area (TPSA) is 53.6 Å². The number of amides is 1. The molecular formula is C17H26IN3O2. The van der Waals surface area contributed by atoms with Crippen LogP contribution in [-0.2, 0) is 11.3 Å². The van der Waals surface area contributed by atoms with E-state index in [9.17, 15) is 4.79 Å². The monoisotopic (exact) mass is 431 g/mol. The number of piperazine rings is 1. The van der Waals surface area contributed by atoms with E-state index in [4.69, 9.17) is 4.74 Å². The van der Waals surface area contributed by atoms with Gasteiger partial charge in [0, 0.05) is 42.0 Å². The van der Waals surface area contributed by atoms with Crippen molar-refractivity contribution in [1.82, 2.24) is 10.2 Å². The molecule has 0 atom stereocenters. The predicted molar refractivity (Wildman–Crippen MR) is 102 cm³/mol. The van der Waals surface area contributed by atoms with Gasteiger partial charge in [-0.25, -0.2) is 4.79 Å². The summed E-state index contributed by atoms with van der Waals surface area (Å²) in [6.45, 7) is 12.7. The van der Waals surface area contributed by atoms with Gasteiger partial charge in [-0.2, -0.15) is 0 Å². The molecule has 0 unspecified atom stereocenters. The van der Waals surface area contributed by atoms with Crippen molar-refractivity contribution in [2.24, 2.45) is 0 Å². The second-order valence-corrected chi connectivity index (χ2v) is 8.07. The number of benzene rings is 1. The lowest BCUT2D eigenvalue weighted by molar-refractivity contribution is 0.0636. The van der Waals surface area contributed by atoms with Crippen molar-refractivity contribution in [2.75, 3.05) is 31.5 Å². The summed E-state index contributed by atoms with van der Waals surface area (Å²) in [5.41, 5.74) is 2.62. The molecule has 1 saturated heterocycles. The number of nitrogens with zero attached hydrogens (tertiary/aromatic N) is 1. The van der Waals surface area contributed by atoms with E-state index in [1.165, 1.54) is 5.56 Å². The first-order valence-corrected chi connectivity index (χ1v) is 9.04. The number of carbonyl (C=O) groups excluding carboxylic acids is 1. The average molecular weight is 431 g/mol. The van der Waals surface area contributed by atoms with Crippen molar-refractivity contribution in [1.29, 1.82) is 0 Å². The lowest BCUT2D eigenvalue weighted by Crippen LogP contribution is -2.42. The van der Waals surface area contributed by atoms with Crippen LogP contribution in [0.25, 0.3) is 0 Å². The second kappa shape index (κ2) is 7.81. The van der Waals surface area contributed by atoms with E-state index in [-0.39, 0.29) is 0 Å². The molecule has 1 aromatic rings. The van der Waals surface area contributed by atoms with E-state index >= 15 is 0 Å². The maximum Gasteiger partial charge on any atom is 0.412 e. The van der Waals surface area contributed by atoms with Gasteiger partial charge in [0.05, 0.1) is 0 Å². The fourth-order valence-corrected chi connectivity index (χ4v) is 3.19. The van der Waals surface area contributed by atoms with Gasteiger partial charge < -0.3 is 10.1 Å². The Labute approximate surface area is 152 Å². The van der Waals surface area contributed by atoms with Crippen LogP contribution in [0, 0.1) is 10.5 Å². The SMILES string of the molecule is Cc1c(I)cc(CN2CCNCC2)cc1NC(=O)OC(C)(C)C. The van der Waals surface area contributed by atoms with E-state index in [1.807, 2.05) is 27.7 Å². The highest BCUT2D eigenvalue weighted by molar-refractivity contribution is 14.1. The summed E-state index contributed by atoms with van der Waals surface area (Å²) in [5.74, 6) is 0. The third-order valence-electron chi connectivity index (χ3n) is 3.66. The van der Waals surface area contributed by atoms with Crippen LogP contribution in [0.4, 0.5) is 10.5 Å². The van der Waals surface area contributed by atoms with Gasteiger partial charge in [-0.3, -0.25) is 10.2 Å². The normalized spacial score (nSPS) is 16.2. The Bertz CT molecular complexity index is 564. The highest BCUT2D eigenvalue weighted by atomic mass is 127. The van der Waals surface area contributed by atoms with Crippen molar-refractivity contribution in [3.63, 3.8) is 0 Å². The molecule has 0 spiro atoms. The summed E-state index contributed by atoms with van der Waals surface area (Å²) in [6, 6.07) is 4.25. The summed E-state index contributed by atoms with van der Waals surface area (Å²) < 4.78 is 6.51. The Morgan fingerprint density at radius 1 is 1.35 bits per heavy atom. The van der Waals surface area contributed by atoms with Crippen molar-refractivity contribution in [3.8, 4) is 0 Å². The number of ether oxygens (including phenoxy) is 1. The van der Waals surface area contributed by atoms with Crippen LogP contribution < -0.4 is 10.6 Å². The van der Waals surface area contributed by atoms with E-state index in [1.54, 1.807) is 0 Å². The Morgan fingerprint density at radius 2 is 2.00 bits per heavy atom. The number of hydrogen-bond donors (Lipinski definition) is 2. The van der Waals surface area contributed by atoms with Gasteiger partial charge in [0.1, 0.15) is 5.60 Å². The average Bonchev–Trinajstić information content (AvgIpc) is 2.43. The van der Waals surface area contributed by atoms with Crippen LogP contribution in [0.1, 0.15) is 31.9 Å². The molecule has 1 amide bonds. The summed E-state index contributed by atoms with van der Waals surface area (Å²) in [5, 5.41) is 6.25. The first-order valence-electron chi connectivity index (χ1n) is 7.97. The maximum atomic E-state index is 12.0. The molecule has 5 nitrogen and oxygen atoms in total. The zero-order chi connectivity index (χ0) is 17.0. The van der Waals surface area contributed by atoms with Crippen LogP contribution in [0.2, 0.25) is 0 Å². The molecule has 1 aromatic carbocycles. The first-order chi connectivity index (χ1) is 10.7. The quantitative estimate of drug-likeness (QED) is 0.721. The Kier molecular flexibility index (Phi) is 6.27. The summed E-state index contributed by atoms with van der Waals surface area (Å²) in [7, 11) is 0. The minimum atomic E-state index is -0.496. The molecule has 128 valence electrons. The third-order valence-corrected chi connectivity index (χ3v) is 4.78. The standard InChI is InChI=1S/C17H26IN3O2/c1-12-14(18)9-13(11-21-7-5-19-6-8-21)10-15(12)20-16(22)23-17(2,3)4/h9-10,19H,5-8,11H2,1-4H3,(H,20,22). The minimum absolute atomic E-state index is 0.407. The molecule has 1 aliphatic rings. The van der Waals surface area contributed by atoms with Crippen molar-refractivity contribution < 1.29 is 9.53 Å². The van der Waals surface area contributed by atoms with Gasteiger partial charge in [-0.1, -0.05) is 0 Å². The summed E-state index contributed by atoms with van der Waals surface area (Å²) in [4.78, 5) is 14.5. The molecule has 1 aliphatic heterocycles. The van der Waals surface area contributed by atoms with E-state index in [2.05, 4.69) is 50.3 Å². The molecule has 0 aromatic heterocycles. The van der Waals surface area contributed by atoms with Gasteiger partial charge in [-0.15, -0.1) is 0 Å². The van der Waals surface area contributed by atoms with Crippen LogP contribution in [0.5, 0.6) is 0 Å². The van der Waals surface area contributed by atoms with Gasteiger partial charge in [0.25, 0.3) is 0 Å². The summed E-state index contributed by atoms with van der Waals surface area (Å²) in [6.07, 6.45) is -0.407. The first kappa shape index (κ1) is 18.5. The zero-order valence-corrected chi connectivity index (χ0v) is 16.5. The molecule has 2 rings (SSSR count). The van der Waals surface area contributed by atoms with Crippen molar-refractivity contribution in [2.45, 2.75) is 39.8 Å². The molecule has 6 heteroatoms.